The summed E-state index contributed by atoms with van der Waals surface area (Å²) in [5.41, 5.74) is 0.696. The van der Waals surface area contributed by atoms with Gasteiger partial charge in [-0.15, -0.1) is 0 Å². The Labute approximate surface area is 167 Å². The van der Waals surface area contributed by atoms with E-state index >= 15 is 0 Å². The van der Waals surface area contributed by atoms with E-state index in [-0.39, 0.29) is 5.56 Å². The molecule has 0 spiro atoms. The third-order valence-electron chi connectivity index (χ3n) is 4.02. The SMILES string of the molecule is Cc1ccc(C(=O)OCC(=O)Nc2ccc(Oc3ccccc3)cc2)c(O)c1O. The van der Waals surface area contributed by atoms with Gasteiger partial charge in [-0.25, -0.2) is 4.79 Å². The number of aryl methyl sites for hydroxylation is 1. The summed E-state index contributed by atoms with van der Waals surface area (Å²) >= 11 is 0. The summed E-state index contributed by atoms with van der Waals surface area (Å²) in [7, 11) is 0. The molecule has 0 atom stereocenters. The van der Waals surface area contributed by atoms with Gasteiger partial charge in [-0.2, -0.15) is 0 Å². The topological polar surface area (TPSA) is 105 Å². The lowest BCUT2D eigenvalue weighted by molar-refractivity contribution is -0.119. The van der Waals surface area contributed by atoms with Crippen LogP contribution in [0.1, 0.15) is 15.9 Å². The zero-order chi connectivity index (χ0) is 20.8. The van der Waals surface area contributed by atoms with Crippen LogP contribution in [-0.2, 0) is 9.53 Å². The van der Waals surface area contributed by atoms with Crippen molar-refractivity contribution in [3.63, 3.8) is 0 Å². The highest BCUT2D eigenvalue weighted by molar-refractivity contribution is 5.97. The number of ether oxygens (including phenoxy) is 2. The minimum Gasteiger partial charge on any atom is -0.504 e. The number of anilines is 1. The van der Waals surface area contributed by atoms with Crippen molar-refractivity contribution in [1.29, 1.82) is 0 Å². The zero-order valence-corrected chi connectivity index (χ0v) is 15.6. The highest BCUT2D eigenvalue weighted by Crippen LogP contribution is 2.32. The smallest absolute Gasteiger partial charge is 0.342 e. The standard InChI is InChI=1S/C22H19NO6/c1-14-7-12-18(21(26)20(14)25)22(27)28-13-19(24)23-15-8-10-17(11-9-15)29-16-5-3-2-4-6-16/h2-12,25-26H,13H2,1H3,(H,23,24). The van der Waals surface area contributed by atoms with E-state index in [1.54, 1.807) is 31.2 Å². The predicted octanol–water partition coefficient (Wildman–Crippen LogP) is 3.99. The van der Waals surface area contributed by atoms with Crippen LogP contribution in [0.15, 0.2) is 66.7 Å². The molecule has 0 aliphatic carbocycles. The van der Waals surface area contributed by atoms with E-state index in [1.807, 2.05) is 30.3 Å². The quantitative estimate of drug-likeness (QED) is 0.432. The van der Waals surface area contributed by atoms with Crippen molar-refractivity contribution in [1.82, 2.24) is 0 Å². The third-order valence-corrected chi connectivity index (χ3v) is 4.02. The molecule has 148 valence electrons. The Balaban J connectivity index is 1.53. The fourth-order valence-corrected chi connectivity index (χ4v) is 2.48. The summed E-state index contributed by atoms with van der Waals surface area (Å²) in [4.78, 5) is 24.0. The first-order chi connectivity index (χ1) is 13.9. The monoisotopic (exact) mass is 393 g/mol. The van der Waals surface area contributed by atoms with Gasteiger partial charge < -0.3 is 25.0 Å². The van der Waals surface area contributed by atoms with Crippen molar-refractivity contribution in [3.8, 4) is 23.0 Å². The Hall–Kier alpha value is -4.00. The lowest BCUT2D eigenvalue weighted by Gasteiger charge is -2.10. The van der Waals surface area contributed by atoms with Gasteiger partial charge in [0.1, 0.15) is 17.1 Å². The third kappa shape index (κ3) is 5.04. The van der Waals surface area contributed by atoms with Crippen LogP contribution >= 0.6 is 0 Å². The largest absolute Gasteiger partial charge is 0.504 e. The summed E-state index contributed by atoms with van der Waals surface area (Å²) in [5.74, 6) is -1.14. The maximum Gasteiger partial charge on any atom is 0.342 e. The minimum atomic E-state index is -0.917. The van der Waals surface area contributed by atoms with Crippen LogP contribution < -0.4 is 10.1 Å². The van der Waals surface area contributed by atoms with Gasteiger partial charge in [-0.1, -0.05) is 24.3 Å². The molecule has 3 aromatic carbocycles. The molecule has 0 fully saturated rings. The van der Waals surface area contributed by atoms with Crippen molar-refractivity contribution >= 4 is 17.6 Å². The number of esters is 1. The first-order valence-corrected chi connectivity index (χ1v) is 8.75. The second kappa shape index (κ2) is 8.79. The molecule has 7 nitrogen and oxygen atoms in total. The maximum absolute atomic E-state index is 12.0. The molecule has 0 heterocycles. The predicted molar refractivity (Wildman–Crippen MR) is 106 cm³/mol. The number of amides is 1. The molecule has 0 aliphatic heterocycles. The lowest BCUT2D eigenvalue weighted by atomic mass is 10.1. The van der Waals surface area contributed by atoms with E-state index in [9.17, 15) is 19.8 Å². The fourth-order valence-electron chi connectivity index (χ4n) is 2.48. The summed E-state index contributed by atoms with van der Waals surface area (Å²) in [6, 6.07) is 18.8. The Morgan fingerprint density at radius 2 is 1.52 bits per heavy atom. The van der Waals surface area contributed by atoms with Crippen LogP contribution in [0.25, 0.3) is 0 Å². The highest BCUT2D eigenvalue weighted by Gasteiger charge is 2.18. The highest BCUT2D eigenvalue weighted by atomic mass is 16.5. The van der Waals surface area contributed by atoms with Crippen molar-refractivity contribution < 1.29 is 29.3 Å². The number of phenols is 2. The normalized spacial score (nSPS) is 10.2. The molecule has 3 aromatic rings. The first kappa shape index (κ1) is 19.8. The second-order valence-electron chi connectivity index (χ2n) is 6.19. The van der Waals surface area contributed by atoms with Gasteiger partial charge in [-0.3, -0.25) is 4.79 Å². The Morgan fingerprint density at radius 3 is 2.21 bits per heavy atom. The molecule has 0 saturated heterocycles. The molecule has 1 amide bonds. The van der Waals surface area contributed by atoms with Gasteiger partial charge in [0.2, 0.25) is 0 Å². The van der Waals surface area contributed by atoms with Crippen LogP contribution in [0.2, 0.25) is 0 Å². The number of carbonyl (C=O) groups is 2. The zero-order valence-electron chi connectivity index (χ0n) is 15.6. The molecule has 7 heteroatoms. The molecule has 3 rings (SSSR count). The molecule has 0 unspecified atom stereocenters. The number of rotatable bonds is 6. The lowest BCUT2D eigenvalue weighted by Crippen LogP contribution is -2.21. The summed E-state index contributed by atoms with van der Waals surface area (Å²) in [5, 5.41) is 22.1. The molecule has 0 bridgehead atoms. The average Bonchev–Trinajstić information content (AvgIpc) is 2.72. The van der Waals surface area contributed by atoms with Gasteiger partial charge in [0, 0.05) is 5.69 Å². The summed E-state index contributed by atoms with van der Waals surface area (Å²) in [6.07, 6.45) is 0. The van der Waals surface area contributed by atoms with E-state index in [0.717, 1.165) is 0 Å². The van der Waals surface area contributed by atoms with Crippen LogP contribution in [-0.4, -0.2) is 28.7 Å². The number of para-hydroxylation sites is 1. The Morgan fingerprint density at radius 1 is 0.862 bits per heavy atom. The van der Waals surface area contributed by atoms with Gasteiger partial charge in [0.05, 0.1) is 0 Å². The molecule has 0 radical (unpaired) electrons. The second-order valence-corrected chi connectivity index (χ2v) is 6.19. The number of aromatic hydroxyl groups is 2. The Bertz CT molecular complexity index is 1020. The first-order valence-electron chi connectivity index (χ1n) is 8.75. The summed E-state index contributed by atoms with van der Waals surface area (Å²) in [6.45, 7) is 1.03. The van der Waals surface area contributed by atoms with Gasteiger partial charge in [0.25, 0.3) is 5.91 Å². The van der Waals surface area contributed by atoms with Crippen molar-refractivity contribution in [2.45, 2.75) is 6.92 Å². The van der Waals surface area contributed by atoms with Gasteiger partial charge in [0.15, 0.2) is 18.1 Å². The van der Waals surface area contributed by atoms with Crippen molar-refractivity contribution in [2.24, 2.45) is 0 Å². The number of nitrogens with one attached hydrogen (secondary N) is 1. The minimum absolute atomic E-state index is 0.219. The van der Waals surface area contributed by atoms with Crippen LogP contribution in [0.4, 0.5) is 5.69 Å². The average molecular weight is 393 g/mol. The number of hydrogen-bond donors (Lipinski definition) is 3. The van der Waals surface area contributed by atoms with Crippen LogP contribution in [0.3, 0.4) is 0 Å². The number of benzene rings is 3. The maximum atomic E-state index is 12.0. The van der Waals surface area contributed by atoms with Gasteiger partial charge in [-0.05, 0) is 55.0 Å². The number of carbonyl (C=O) groups excluding carboxylic acids is 2. The van der Waals surface area contributed by atoms with E-state index < -0.39 is 30.0 Å². The van der Waals surface area contributed by atoms with E-state index in [2.05, 4.69) is 5.32 Å². The molecular weight excluding hydrogens is 374 g/mol. The molecule has 29 heavy (non-hydrogen) atoms. The van der Waals surface area contributed by atoms with Crippen LogP contribution in [0.5, 0.6) is 23.0 Å². The van der Waals surface area contributed by atoms with E-state index in [4.69, 9.17) is 9.47 Å². The molecule has 0 aromatic heterocycles. The van der Waals surface area contributed by atoms with Crippen molar-refractivity contribution in [3.05, 3.63) is 77.9 Å². The van der Waals surface area contributed by atoms with Gasteiger partial charge >= 0.3 is 5.97 Å². The number of hydrogen-bond acceptors (Lipinski definition) is 6. The van der Waals surface area contributed by atoms with Crippen LogP contribution in [0, 0.1) is 6.92 Å². The fraction of sp³-hybridized carbons (Fsp3) is 0.0909. The molecule has 3 N–H and O–H groups in total. The molecule has 0 saturated carbocycles. The Kier molecular flexibility index (Phi) is 5.99. The molecular formula is C22H19NO6. The molecule has 0 aliphatic rings. The van der Waals surface area contributed by atoms with E-state index in [0.29, 0.717) is 22.7 Å². The summed E-state index contributed by atoms with van der Waals surface area (Å²) < 4.78 is 10.6. The van der Waals surface area contributed by atoms with Crippen molar-refractivity contribution in [2.75, 3.05) is 11.9 Å². The number of phenolic OH excluding ortho intramolecular Hbond substituents is 2. The van der Waals surface area contributed by atoms with E-state index in [1.165, 1.54) is 12.1 Å².